The third-order valence-electron chi connectivity index (χ3n) is 2.89. The maximum Gasteiger partial charge on any atom is 0.406 e. The molecule has 1 atom stereocenters. The number of nitriles is 1. The molecule has 0 aromatic carbocycles. The average Bonchev–Trinajstić information content (AvgIpc) is 2.65. The smallest absolute Gasteiger partial charge is 0.333 e. The Labute approximate surface area is 108 Å². The van der Waals surface area contributed by atoms with Crippen LogP contribution in [0, 0.1) is 17.2 Å². The molecule has 0 N–H and O–H groups in total. The van der Waals surface area contributed by atoms with Gasteiger partial charge in [0.25, 0.3) is 0 Å². The Morgan fingerprint density at radius 2 is 2.21 bits per heavy atom. The van der Waals surface area contributed by atoms with Crippen molar-refractivity contribution in [1.29, 1.82) is 5.26 Å². The third-order valence-corrected chi connectivity index (χ3v) is 2.89. The van der Waals surface area contributed by atoms with Crippen LogP contribution in [0.15, 0.2) is 0 Å². The Kier molecular flexibility index (Phi) is 4.75. The molecule has 0 radical (unpaired) electrons. The summed E-state index contributed by atoms with van der Waals surface area (Å²) in [6.07, 6.45) is -4.69. The normalized spacial score (nSPS) is 19.4. The zero-order valence-corrected chi connectivity index (χ0v) is 10.4. The zero-order valence-electron chi connectivity index (χ0n) is 10.4. The van der Waals surface area contributed by atoms with Gasteiger partial charge in [-0.25, -0.2) is 0 Å². The first-order valence-electron chi connectivity index (χ1n) is 5.78. The first kappa shape index (κ1) is 15.3. The number of carbonyl (C=O) groups excluding carboxylic acids is 2. The van der Waals surface area contributed by atoms with Gasteiger partial charge in [0.2, 0.25) is 11.8 Å². The minimum Gasteiger partial charge on any atom is -0.333 e. The lowest BCUT2D eigenvalue weighted by Gasteiger charge is -2.22. The summed E-state index contributed by atoms with van der Waals surface area (Å²) in [6.45, 7) is 0.258. The molecule has 8 heteroatoms. The van der Waals surface area contributed by atoms with Crippen LogP contribution in [0.5, 0.6) is 0 Å². The van der Waals surface area contributed by atoms with E-state index >= 15 is 0 Å². The van der Waals surface area contributed by atoms with Gasteiger partial charge in [-0.1, -0.05) is 0 Å². The van der Waals surface area contributed by atoms with Crippen molar-refractivity contribution in [3.8, 4) is 6.07 Å². The van der Waals surface area contributed by atoms with Gasteiger partial charge in [0.05, 0.1) is 12.0 Å². The summed E-state index contributed by atoms with van der Waals surface area (Å²) >= 11 is 0. The van der Waals surface area contributed by atoms with Gasteiger partial charge in [-0.3, -0.25) is 9.59 Å². The number of nitrogens with zero attached hydrogens (tertiary/aromatic N) is 3. The second kappa shape index (κ2) is 5.91. The molecule has 0 aromatic heterocycles. The molecule has 106 valence electrons. The molecule has 1 aliphatic heterocycles. The van der Waals surface area contributed by atoms with E-state index in [1.807, 2.05) is 6.07 Å². The van der Waals surface area contributed by atoms with Crippen LogP contribution in [-0.2, 0) is 9.59 Å². The van der Waals surface area contributed by atoms with Gasteiger partial charge in [-0.15, -0.1) is 0 Å². The number of alkyl halides is 3. The van der Waals surface area contributed by atoms with E-state index in [4.69, 9.17) is 5.26 Å². The Hall–Kier alpha value is -1.78. The largest absolute Gasteiger partial charge is 0.406 e. The number of hydrogen-bond donors (Lipinski definition) is 0. The molecular weight excluding hydrogens is 263 g/mol. The monoisotopic (exact) mass is 277 g/mol. The number of carbonyl (C=O) groups is 2. The van der Waals surface area contributed by atoms with Gasteiger partial charge in [0.15, 0.2) is 0 Å². The zero-order chi connectivity index (χ0) is 14.6. The molecule has 1 aliphatic rings. The second-order valence-corrected chi connectivity index (χ2v) is 4.30. The quantitative estimate of drug-likeness (QED) is 0.713. The van der Waals surface area contributed by atoms with Crippen LogP contribution in [0.1, 0.15) is 13.3 Å². The number of amides is 2. The van der Waals surface area contributed by atoms with Crippen molar-refractivity contribution in [2.45, 2.75) is 19.5 Å². The van der Waals surface area contributed by atoms with Gasteiger partial charge in [-0.2, -0.15) is 18.4 Å². The fraction of sp³-hybridized carbons (Fsp3) is 0.727. The van der Waals surface area contributed by atoms with Crippen molar-refractivity contribution in [3.63, 3.8) is 0 Å². The van der Waals surface area contributed by atoms with Crippen LogP contribution in [0.3, 0.4) is 0 Å². The Morgan fingerprint density at radius 1 is 1.58 bits per heavy atom. The molecule has 1 heterocycles. The maximum atomic E-state index is 12.2. The van der Waals surface area contributed by atoms with E-state index in [1.54, 1.807) is 6.92 Å². The summed E-state index contributed by atoms with van der Waals surface area (Å²) in [4.78, 5) is 25.2. The molecule has 0 aromatic rings. The molecule has 1 rings (SSSR count). The van der Waals surface area contributed by atoms with E-state index in [0.717, 1.165) is 0 Å². The predicted octanol–water partition coefficient (Wildman–Crippen LogP) is 0.769. The van der Waals surface area contributed by atoms with Crippen molar-refractivity contribution in [2.24, 2.45) is 5.92 Å². The predicted molar refractivity (Wildman–Crippen MR) is 58.6 cm³/mol. The minimum atomic E-state index is -4.47. The summed E-state index contributed by atoms with van der Waals surface area (Å²) in [5.74, 6) is -1.91. The Morgan fingerprint density at radius 3 is 2.68 bits per heavy atom. The summed E-state index contributed by atoms with van der Waals surface area (Å²) in [6, 6.07) is 1.81. The molecule has 0 bridgehead atoms. The van der Waals surface area contributed by atoms with Crippen molar-refractivity contribution in [3.05, 3.63) is 0 Å². The number of halogens is 3. The Balaban J connectivity index is 2.66. The van der Waals surface area contributed by atoms with E-state index in [2.05, 4.69) is 0 Å². The van der Waals surface area contributed by atoms with Crippen LogP contribution in [0.4, 0.5) is 13.2 Å². The highest BCUT2D eigenvalue weighted by Crippen LogP contribution is 2.24. The van der Waals surface area contributed by atoms with Crippen LogP contribution in [-0.4, -0.2) is 54.0 Å². The SMILES string of the molecule is CCN(CC#N)C(=O)C1CC(=O)N(CC(F)(F)F)C1. The van der Waals surface area contributed by atoms with E-state index < -0.39 is 30.5 Å². The molecule has 0 spiro atoms. The molecule has 1 fully saturated rings. The minimum absolute atomic E-state index is 0.126. The molecule has 0 saturated carbocycles. The van der Waals surface area contributed by atoms with Gasteiger partial charge in [0.1, 0.15) is 13.1 Å². The fourth-order valence-electron chi connectivity index (χ4n) is 2.00. The second-order valence-electron chi connectivity index (χ2n) is 4.30. The average molecular weight is 277 g/mol. The standard InChI is InChI=1S/C11H14F3N3O2/c1-2-16(4-3-15)10(19)8-5-9(18)17(6-8)7-11(12,13)14/h8H,2,4-7H2,1H3. The lowest BCUT2D eigenvalue weighted by molar-refractivity contribution is -0.157. The van der Waals surface area contributed by atoms with Gasteiger partial charge in [0, 0.05) is 19.5 Å². The van der Waals surface area contributed by atoms with Crippen molar-refractivity contribution < 1.29 is 22.8 Å². The van der Waals surface area contributed by atoms with Gasteiger partial charge < -0.3 is 9.80 Å². The van der Waals surface area contributed by atoms with Crippen molar-refractivity contribution in [2.75, 3.05) is 26.2 Å². The lowest BCUT2D eigenvalue weighted by Crippen LogP contribution is -2.39. The summed E-state index contributed by atoms with van der Waals surface area (Å²) < 4.78 is 36.7. The topological polar surface area (TPSA) is 64.4 Å². The molecule has 2 amide bonds. The third kappa shape index (κ3) is 4.12. The van der Waals surface area contributed by atoms with Crippen LogP contribution < -0.4 is 0 Å². The highest BCUT2D eigenvalue weighted by Gasteiger charge is 2.41. The van der Waals surface area contributed by atoms with Gasteiger partial charge >= 0.3 is 6.18 Å². The first-order valence-corrected chi connectivity index (χ1v) is 5.78. The van der Waals surface area contributed by atoms with E-state index in [1.165, 1.54) is 4.90 Å². The number of rotatable bonds is 4. The lowest BCUT2D eigenvalue weighted by atomic mass is 10.1. The molecule has 19 heavy (non-hydrogen) atoms. The van der Waals surface area contributed by atoms with Crippen molar-refractivity contribution >= 4 is 11.8 Å². The number of hydrogen-bond acceptors (Lipinski definition) is 3. The van der Waals surface area contributed by atoms with E-state index in [0.29, 0.717) is 4.90 Å². The number of likely N-dealkylation sites (tertiary alicyclic amines) is 1. The highest BCUT2D eigenvalue weighted by atomic mass is 19.4. The highest BCUT2D eigenvalue weighted by molar-refractivity contribution is 5.89. The fourth-order valence-corrected chi connectivity index (χ4v) is 2.00. The van der Waals surface area contributed by atoms with E-state index in [-0.39, 0.29) is 26.1 Å². The van der Waals surface area contributed by atoms with Crippen LogP contribution >= 0.6 is 0 Å². The summed E-state index contributed by atoms with van der Waals surface area (Å²) in [5, 5.41) is 8.55. The maximum absolute atomic E-state index is 12.2. The van der Waals surface area contributed by atoms with Gasteiger partial charge in [-0.05, 0) is 6.92 Å². The molecule has 0 aliphatic carbocycles. The molecular formula is C11H14F3N3O2. The molecule has 1 unspecified atom stereocenters. The molecule has 1 saturated heterocycles. The Bertz CT molecular complexity index is 403. The van der Waals surface area contributed by atoms with E-state index in [9.17, 15) is 22.8 Å². The molecule has 5 nitrogen and oxygen atoms in total. The first-order chi connectivity index (χ1) is 8.78. The van der Waals surface area contributed by atoms with Crippen LogP contribution in [0.25, 0.3) is 0 Å². The van der Waals surface area contributed by atoms with Crippen LogP contribution in [0.2, 0.25) is 0 Å². The summed E-state index contributed by atoms with van der Waals surface area (Å²) in [7, 11) is 0. The van der Waals surface area contributed by atoms with Crippen molar-refractivity contribution in [1.82, 2.24) is 9.80 Å². The summed E-state index contributed by atoms with van der Waals surface area (Å²) in [5.41, 5.74) is 0.